The van der Waals surface area contributed by atoms with E-state index in [0.29, 0.717) is 11.5 Å². The van der Waals surface area contributed by atoms with Crippen molar-refractivity contribution < 1.29 is 22.9 Å². The fourth-order valence-corrected chi connectivity index (χ4v) is 3.88. The molecule has 0 bridgehead atoms. The quantitative estimate of drug-likeness (QED) is 0.294. The van der Waals surface area contributed by atoms with E-state index in [0.717, 1.165) is 11.6 Å². The molecule has 0 aromatic heterocycles. The third-order valence-electron chi connectivity index (χ3n) is 4.55. The van der Waals surface area contributed by atoms with Crippen molar-refractivity contribution in [2.75, 3.05) is 11.8 Å². The third kappa shape index (κ3) is 5.92. The van der Waals surface area contributed by atoms with Gasteiger partial charge in [-0.3, -0.25) is 19.6 Å². The number of nitrogens with zero attached hydrogens (tertiary/aromatic N) is 2. The molecule has 0 saturated heterocycles. The van der Waals surface area contributed by atoms with Crippen LogP contribution < -0.4 is 14.9 Å². The average Bonchev–Trinajstić information content (AvgIpc) is 2.82. The third-order valence-corrected chi connectivity index (χ3v) is 5.93. The number of ether oxygens (including phenoxy) is 1. The van der Waals surface area contributed by atoms with Gasteiger partial charge in [-0.2, -0.15) is 5.10 Å². The van der Waals surface area contributed by atoms with E-state index in [2.05, 4.69) is 15.2 Å². The molecule has 10 nitrogen and oxygen atoms in total. The number of benzene rings is 3. The van der Waals surface area contributed by atoms with Crippen LogP contribution in [0.2, 0.25) is 0 Å². The van der Waals surface area contributed by atoms with E-state index in [4.69, 9.17) is 4.74 Å². The lowest BCUT2D eigenvalue weighted by Crippen LogP contribution is -2.19. The van der Waals surface area contributed by atoms with Gasteiger partial charge in [0.2, 0.25) is 0 Å². The number of carbonyl (C=O) groups is 1. The van der Waals surface area contributed by atoms with E-state index in [1.54, 1.807) is 26.2 Å². The number of nitro benzene ring substituents is 1. The second-order valence-electron chi connectivity index (χ2n) is 6.81. The van der Waals surface area contributed by atoms with E-state index in [9.17, 15) is 23.3 Å². The summed E-state index contributed by atoms with van der Waals surface area (Å²) in [5.41, 5.74) is 3.91. The van der Waals surface area contributed by atoms with Crippen molar-refractivity contribution in [3.05, 3.63) is 94.0 Å². The Balaban J connectivity index is 1.68. The van der Waals surface area contributed by atoms with Crippen molar-refractivity contribution in [1.82, 2.24) is 5.43 Å². The van der Waals surface area contributed by atoms with Crippen LogP contribution in [0.25, 0.3) is 0 Å². The fourth-order valence-electron chi connectivity index (χ4n) is 2.78. The number of rotatable bonds is 8. The van der Waals surface area contributed by atoms with Crippen molar-refractivity contribution in [3.63, 3.8) is 0 Å². The van der Waals surface area contributed by atoms with E-state index >= 15 is 0 Å². The number of carbonyl (C=O) groups excluding carboxylic acids is 1. The van der Waals surface area contributed by atoms with Gasteiger partial charge in [0.05, 0.1) is 22.6 Å². The molecule has 0 spiro atoms. The molecule has 3 aromatic rings. The highest BCUT2D eigenvalue weighted by atomic mass is 32.2. The number of anilines is 1. The molecule has 33 heavy (non-hydrogen) atoms. The first-order chi connectivity index (χ1) is 15.7. The van der Waals surface area contributed by atoms with Crippen LogP contribution >= 0.6 is 0 Å². The van der Waals surface area contributed by atoms with E-state index < -0.39 is 20.9 Å². The van der Waals surface area contributed by atoms with Crippen molar-refractivity contribution in [2.45, 2.75) is 11.8 Å². The van der Waals surface area contributed by atoms with Gasteiger partial charge in [0.25, 0.3) is 21.6 Å². The van der Waals surface area contributed by atoms with Gasteiger partial charge in [-0.1, -0.05) is 18.2 Å². The van der Waals surface area contributed by atoms with Crippen LogP contribution in [0.3, 0.4) is 0 Å². The number of sulfonamides is 1. The predicted octanol–water partition coefficient (Wildman–Crippen LogP) is 3.56. The Labute approximate surface area is 190 Å². The molecule has 1 amide bonds. The molecule has 11 heteroatoms. The number of methoxy groups -OCH3 is 1. The summed E-state index contributed by atoms with van der Waals surface area (Å²) in [4.78, 5) is 22.3. The summed E-state index contributed by atoms with van der Waals surface area (Å²) in [6, 6.07) is 17.6. The molecule has 2 N–H and O–H groups in total. The largest absolute Gasteiger partial charge is 0.497 e. The number of nitrogens with one attached hydrogen (secondary N) is 2. The van der Waals surface area contributed by atoms with Gasteiger partial charge in [0.15, 0.2) is 0 Å². The lowest BCUT2D eigenvalue weighted by atomic mass is 10.1. The first-order valence-electron chi connectivity index (χ1n) is 9.56. The van der Waals surface area contributed by atoms with Crippen LogP contribution in [0.4, 0.5) is 11.4 Å². The number of hydrazone groups is 1. The number of nitro groups is 1. The van der Waals surface area contributed by atoms with E-state index in [-0.39, 0.29) is 21.8 Å². The van der Waals surface area contributed by atoms with Gasteiger partial charge < -0.3 is 4.74 Å². The normalized spacial score (nSPS) is 11.5. The number of hydrogen-bond donors (Lipinski definition) is 2. The van der Waals surface area contributed by atoms with E-state index in [1.165, 1.54) is 42.5 Å². The summed E-state index contributed by atoms with van der Waals surface area (Å²) in [7, 11) is -2.49. The molecule has 0 aliphatic heterocycles. The second kappa shape index (κ2) is 9.92. The zero-order valence-corrected chi connectivity index (χ0v) is 18.5. The smallest absolute Gasteiger partial charge is 0.271 e. The number of amides is 1. The van der Waals surface area contributed by atoms with Crippen molar-refractivity contribution in [3.8, 4) is 5.75 Å². The Bertz CT molecular complexity index is 1320. The molecule has 170 valence electrons. The molecule has 3 rings (SSSR count). The van der Waals surface area contributed by atoms with Crippen LogP contribution in [-0.4, -0.2) is 32.1 Å². The summed E-state index contributed by atoms with van der Waals surface area (Å²) < 4.78 is 32.5. The van der Waals surface area contributed by atoms with Gasteiger partial charge in [0.1, 0.15) is 5.75 Å². The highest BCUT2D eigenvalue weighted by molar-refractivity contribution is 7.92. The molecular formula is C22H20N4O6S. The summed E-state index contributed by atoms with van der Waals surface area (Å²) >= 11 is 0. The molecule has 0 unspecified atom stereocenters. The number of hydrogen-bond acceptors (Lipinski definition) is 7. The number of non-ortho nitro benzene ring substituents is 1. The highest BCUT2D eigenvalue weighted by Crippen LogP contribution is 2.21. The molecule has 0 radical (unpaired) electrons. The van der Waals surface area contributed by atoms with Crippen molar-refractivity contribution in [2.24, 2.45) is 5.10 Å². The zero-order valence-electron chi connectivity index (χ0n) is 17.7. The van der Waals surface area contributed by atoms with Crippen molar-refractivity contribution in [1.29, 1.82) is 0 Å². The van der Waals surface area contributed by atoms with Crippen LogP contribution in [0.1, 0.15) is 22.8 Å². The minimum atomic E-state index is -4.05. The van der Waals surface area contributed by atoms with Crippen LogP contribution in [0.5, 0.6) is 5.75 Å². The molecule has 0 heterocycles. The Morgan fingerprint density at radius 1 is 1.00 bits per heavy atom. The molecule has 0 aliphatic rings. The minimum Gasteiger partial charge on any atom is -0.497 e. The van der Waals surface area contributed by atoms with Gasteiger partial charge in [-0.25, -0.2) is 13.8 Å². The molecule has 0 atom stereocenters. The fraction of sp³-hybridized carbons (Fsp3) is 0.0909. The Morgan fingerprint density at radius 3 is 2.36 bits per heavy atom. The molecular weight excluding hydrogens is 448 g/mol. The van der Waals surface area contributed by atoms with E-state index in [1.807, 2.05) is 12.1 Å². The van der Waals surface area contributed by atoms with Crippen LogP contribution in [0.15, 0.2) is 82.8 Å². The predicted molar refractivity (Wildman–Crippen MR) is 123 cm³/mol. The van der Waals surface area contributed by atoms with Crippen molar-refractivity contribution >= 4 is 33.0 Å². The Hall–Kier alpha value is -4.25. The highest BCUT2D eigenvalue weighted by Gasteiger charge is 2.18. The summed E-state index contributed by atoms with van der Waals surface area (Å²) in [6.07, 6.45) is 0. The molecule has 0 fully saturated rings. The van der Waals surface area contributed by atoms with Gasteiger partial charge >= 0.3 is 0 Å². The molecule has 0 aliphatic carbocycles. The maximum absolute atomic E-state index is 12.5. The Morgan fingerprint density at radius 2 is 1.70 bits per heavy atom. The van der Waals surface area contributed by atoms with Gasteiger partial charge in [-0.05, 0) is 49.4 Å². The van der Waals surface area contributed by atoms with Crippen LogP contribution in [0, 0.1) is 10.1 Å². The topological polar surface area (TPSA) is 140 Å². The SMILES string of the molecule is COc1cccc(C(C)=NNC(=O)c2ccc(NS(=O)(=O)c3cccc([N+](=O)[O-])c3)cc2)c1. The second-order valence-corrected chi connectivity index (χ2v) is 8.49. The lowest BCUT2D eigenvalue weighted by molar-refractivity contribution is -0.385. The first kappa shape index (κ1) is 23.4. The maximum atomic E-state index is 12.5. The zero-order chi connectivity index (χ0) is 24.0. The first-order valence-corrected chi connectivity index (χ1v) is 11.0. The molecule has 0 saturated carbocycles. The summed E-state index contributed by atoms with van der Waals surface area (Å²) in [6.45, 7) is 1.74. The summed E-state index contributed by atoms with van der Waals surface area (Å²) in [5, 5.41) is 15.0. The van der Waals surface area contributed by atoms with Crippen LogP contribution in [-0.2, 0) is 10.0 Å². The van der Waals surface area contributed by atoms with Gasteiger partial charge in [-0.15, -0.1) is 0 Å². The summed E-state index contributed by atoms with van der Waals surface area (Å²) in [5.74, 6) is 0.182. The monoisotopic (exact) mass is 468 g/mol. The lowest BCUT2D eigenvalue weighted by Gasteiger charge is -2.09. The van der Waals surface area contributed by atoms with Gasteiger partial charge in [0, 0.05) is 28.9 Å². The minimum absolute atomic E-state index is 0.189. The Kier molecular flexibility index (Phi) is 7.04. The molecule has 3 aromatic carbocycles. The maximum Gasteiger partial charge on any atom is 0.271 e. The standard InChI is InChI=1S/C22H20N4O6S/c1-15(17-5-3-7-20(13-17)32-2)23-24-22(27)16-9-11-18(12-10-16)25-33(30,31)21-8-4-6-19(14-21)26(28)29/h3-14,25H,1-2H3,(H,24,27). The average molecular weight is 468 g/mol.